The van der Waals surface area contributed by atoms with E-state index < -0.39 is 6.61 Å². The van der Waals surface area contributed by atoms with Gasteiger partial charge in [-0.2, -0.15) is 8.78 Å². The van der Waals surface area contributed by atoms with E-state index in [1.807, 2.05) is 6.92 Å². The minimum atomic E-state index is -2.89. The smallest absolute Gasteiger partial charge is 0.387 e. The van der Waals surface area contributed by atoms with Crippen LogP contribution in [0.25, 0.3) is 0 Å². The molecule has 0 radical (unpaired) electrons. The fourth-order valence-corrected chi connectivity index (χ4v) is 3.02. The van der Waals surface area contributed by atoms with Crippen molar-refractivity contribution in [2.24, 2.45) is 0 Å². The Bertz CT molecular complexity index is 847. The Morgan fingerprint density at radius 1 is 1.03 bits per heavy atom. The molecule has 0 aliphatic heterocycles. The highest BCUT2D eigenvalue weighted by Gasteiger charge is 2.15. The van der Waals surface area contributed by atoms with Crippen molar-refractivity contribution in [1.82, 2.24) is 10.2 Å². The molecular formula is C20H21Cl2F2N3O3. The SMILES string of the molecule is CCN(CC(=O)NCc1ccc(OC(F)F)cc1)CC(=O)Nc1c(Cl)cccc1Cl. The monoisotopic (exact) mass is 459 g/mol. The van der Waals surface area contributed by atoms with Crippen LogP contribution in [0.4, 0.5) is 14.5 Å². The molecule has 10 heteroatoms. The lowest BCUT2D eigenvalue weighted by molar-refractivity contribution is -0.123. The van der Waals surface area contributed by atoms with Gasteiger partial charge in [0.2, 0.25) is 11.8 Å². The maximum absolute atomic E-state index is 12.3. The number of rotatable bonds is 10. The molecule has 0 aliphatic carbocycles. The second-order valence-electron chi connectivity index (χ2n) is 6.25. The van der Waals surface area contributed by atoms with E-state index in [9.17, 15) is 18.4 Å². The number of carbonyl (C=O) groups excluding carboxylic acids is 2. The van der Waals surface area contributed by atoms with E-state index >= 15 is 0 Å². The summed E-state index contributed by atoms with van der Waals surface area (Å²) in [6.45, 7) is -0.395. The second-order valence-corrected chi connectivity index (χ2v) is 7.06. The van der Waals surface area contributed by atoms with E-state index in [-0.39, 0.29) is 37.2 Å². The third-order valence-electron chi connectivity index (χ3n) is 4.05. The Labute approximate surface area is 183 Å². The highest BCUT2D eigenvalue weighted by Crippen LogP contribution is 2.29. The van der Waals surface area contributed by atoms with Gasteiger partial charge in [-0.1, -0.05) is 48.3 Å². The van der Waals surface area contributed by atoms with Gasteiger partial charge in [0.1, 0.15) is 5.75 Å². The first kappa shape index (κ1) is 23.9. The zero-order chi connectivity index (χ0) is 22.1. The zero-order valence-electron chi connectivity index (χ0n) is 16.1. The first-order valence-electron chi connectivity index (χ1n) is 9.05. The number of amides is 2. The number of para-hydroxylation sites is 1. The molecule has 0 unspecified atom stereocenters. The molecule has 2 N–H and O–H groups in total. The van der Waals surface area contributed by atoms with Gasteiger partial charge in [0.05, 0.1) is 28.8 Å². The first-order chi connectivity index (χ1) is 14.3. The largest absolute Gasteiger partial charge is 0.435 e. The van der Waals surface area contributed by atoms with Crippen molar-refractivity contribution in [3.05, 3.63) is 58.1 Å². The third kappa shape index (κ3) is 7.78. The number of hydrogen-bond donors (Lipinski definition) is 2. The Morgan fingerprint density at radius 2 is 1.63 bits per heavy atom. The average Bonchev–Trinajstić information content (AvgIpc) is 2.69. The number of benzene rings is 2. The van der Waals surface area contributed by atoms with E-state index in [1.165, 1.54) is 12.1 Å². The molecule has 0 aliphatic rings. The number of anilines is 1. The highest BCUT2D eigenvalue weighted by molar-refractivity contribution is 6.39. The number of nitrogens with zero attached hydrogens (tertiary/aromatic N) is 1. The molecule has 0 bridgehead atoms. The fourth-order valence-electron chi connectivity index (χ4n) is 2.53. The Balaban J connectivity index is 1.82. The van der Waals surface area contributed by atoms with Crippen molar-refractivity contribution in [3.63, 3.8) is 0 Å². The van der Waals surface area contributed by atoms with E-state index in [4.69, 9.17) is 23.2 Å². The van der Waals surface area contributed by atoms with Crippen LogP contribution in [0.15, 0.2) is 42.5 Å². The summed E-state index contributed by atoms with van der Waals surface area (Å²) in [4.78, 5) is 26.1. The summed E-state index contributed by atoms with van der Waals surface area (Å²) in [7, 11) is 0. The van der Waals surface area contributed by atoms with E-state index in [0.29, 0.717) is 22.3 Å². The van der Waals surface area contributed by atoms with Gasteiger partial charge in [-0.25, -0.2) is 0 Å². The van der Waals surface area contributed by atoms with Crippen LogP contribution in [0.2, 0.25) is 10.0 Å². The van der Waals surface area contributed by atoms with Crippen LogP contribution in [0.1, 0.15) is 12.5 Å². The maximum atomic E-state index is 12.3. The number of hydrogen-bond acceptors (Lipinski definition) is 4. The van der Waals surface area contributed by atoms with Crippen molar-refractivity contribution in [3.8, 4) is 5.75 Å². The van der Waals surface area contributed by atoms with Crippen molar-refractivity contribution >= 4 is 40.7 Å². The van der Waals surface area contributed by atoms with E-state index in [0.717, 1.165) is 5.56 Å². The number of alkyl halides is 2. The summed E-state index contributed by atoms with van der Waals surface area (Å²) in [6.07, 6.45) is 0. The van der Waals surface area contributed by atoms with E-state index in [2.05, 4.69) is 15.4 Å². The highest BCUT2D eigenvalue weighted by atomic mass is 35.5. The summed E-state index contributed by atoms with van der Waals surface area (Å²) < 4.78 is 28.6. The summed E-state index contributed by atoms with van der Waals surface area (Å²) in [6, 6.07) is 10.8. The number of nitrogens with one attached hydrogen (secondary N) is 2. The minimum absolute atomic E-state index is 0.00670. The van der Waals surface area contributed by atoms with Crippen LogP contribution in [-0.2, 0) is 16.1 Å². The number of ether oxygens (including phenoxy) is 1. The third-order valence-corrected chi connectivity index (χ3v) is 4.68. The lowest BCUT2D eigenvalue weighted by Gasteiger charge is -2.20. The topological polar surface area (TPSA) is 70.7 Å². The average molecular weight is 460 g/mol. The van der Waals surface area contributed by atoms with Crippen LogP contribution >= 0.6 is 23.2 Å². The summed E-state index contributed by atoms with van der Waals surface area (Å²) in [5.74, 6) is -0.593. The van der Waals surface area contributed by atoms with Crippen LogP contribution in [0.3, 0.4) is 0 Å². The predicted octanol–water partition coefficient (Wildman–Crippen LogP) is 4.17. The molecule has 0 saturated heterocycles. The van der Waals surface area contributed by atoms with Gasteiger partial charge in [0, 0.05) is 6.54 Å². The molecule has 2 rings (SSSR count). The molecule has 2 aromatic rings. The van der Waals surface area contributed by atoms with Gasteiger partial charge in [-0.15, -0.1) is 0 Å². The van der Waals surface area contributed by atoms with E-state index in [1.54, 1.807) is 35.2 Å². The van der Waals surface area contributed by atoms with Crippen molar-refractivity contribution < 1.29 is 23.1 Å². The first-order valence-corrected chi connectivity index (χ1v) is 9.80. The molecule has 0 atom stereocenters. The standard InChI is InChI=1S/C20H21Cl2F2N3O3/c1-2-27(12-18(29)26-19-15(21)4-3-5-16(19)22)11-17(28)25-10-13-6-8-14(9-7-13)30-20(23)24/h3-9,20H,2,10-12H2,1H3,(H,25,28)(H,26,29). The molecule has 6 nitrogen and oxygen atoms in total. The lowest BCUT2D eigenvalue weighted by Crippen LogP contribution is -2.40. The minimum Gasteiger partial charge on any atom is -0.435 e. The molecule has 0 heterocycles. The van der Waals surface area contributed by atoms with Gasteiger partial charge >= 0.3 is 6.61 Å². The lowest BCUT2D eigenvalue weighted by atomic mass is 10.2. The summed E-state index contributed by atoms with van der Waals surface area (Å²) >= 11 is 12.1. The molecule has 0 spiro atoms. The van der Waals surface area contributed by atoms with Crippen molar-refractivity contribution in [1.29, 1.82) is 0 Å². The van der Waals surface area contributed by atoms with Crippen LogP contribution in [0, 0.1) is 0 Å². The number of carbonyl (C=O) groups is 2. The van der Waals surface area contributed by atoms with Crippen LogP contribution in [-0.4, -0.2) is 43.0 Å². The van der Waals surface area contributed by atoms with Crippen LogP contribution in [0.5, 0.6) is 5.75 Å². The van der Waals surface area contributed by atoms with Gasteiger partial charge in [0.25, 0.3) is 0 Å². The maximum Gasteiger partial charge on any atom is 0.387 e. The normalized spacial score (nSPS) is 10.9. The molecule has 30 heavy (non-hydrogen) atoms. The van der Waals surface area contributed by atoms with Crippen molar-refractivity contribution in [2.75, 3.05) is 25.0 Å². The van der Waals surface area contributed by atoms with Gasteiger partial charge < -0.3 is 15.4 Å². The van der Waals surface area contributed by atoms with Crippen LogP contribution < -0.4 is 15.4 Å². The molecule has 2 amide bonds. The van der Waals surface area contributed by atoms with Gasteiger partial charge in [-0.3, -0.25) is 14.5 Å². The quantitative estimate of drug-likeness (QED) is 0.559. The zero-order valence-corrected chi connectivity index (χ0v) is 17.6. The predicted molar refractivity (Wildman–Crippen MR) is 112 cm³/mol. The van der Waals surface area contributed by atoms with Gasteiger partial charge in [0.15, 0.2) is 0 Å². The molecule has 2 aromatic carbocycles. The van der Waals surface area contributed by atoms with Gasteiger partial charge in [-0.05, 0) is 36.4 Å². The Morgan fingerprint density at radius 3 is 2.20 bits per heavy atom. The molecule has 0 fully saturated rings. The Hall–Kier alpha value is -2.42. The second kappa shape index (κ2) is 11.7. The molecule has 0 saturated carbocycles. The number of halogens is 4. The molecular weight excluding hydrogens is 439 g/mol. The number of likely N-dealkylation sites (N-methyl/N-ethyl adjacent to an activating group) is 1. The molecule has 0 aromatic heterocycles. The fraction of sp³-hybridized carbons (Fsp3) is 0.300. The summed E-state index contributed by atoms with van der Waals surface area (Å²) in [5, 5.41) is 6.02. The van der Waals surface area contributed by atoms with Crippen molar-refractivity contribution in [2.45, 2.75) is 20.1 Å². The summed E-state index contributed by atoms with van der Waals surface area (Å²) in [5.41, 5.74) is 1.05. The molecule has 162 valence electrons. The Kier molecular flexibility index (Phi) is 9.29.